The van der Waals surface area contributed by atoms with Gasteiger partial charge in [0.15, 0.2) is 0 Å². The second-order valence-electron chi connectivity index (χ2n) is 9.05. The van der Waals surface area contributed by atoms with Crippen molar-refractivity contribution < 1.29 is 164 Å². The van der Waals surface area contributed by atoms with Gasteiger partial charge in [0, 0.05) is 61.2 Å². The molecule has 0 spiro atoms. The van der Waals surface area contributed by atoms with Crippen LogP contribution in [-0.2, 0) is 16.3 Å². The summed E-state index contributed by atoms with van der Waals surface area (Å²) in [4.78, 5) is 67.3. The number of aliphatic hydroxyl groups excluding tert-OH is 1. The number of nitrogens with zero attached hydrogens (tertiary/aromatic N) is 2. The Bertz CT molecular complexity index is 1480. The summed E-state index contributed by atoms with van der Waals surface area (Å²) in [5, 5.41) is 34.1. The number of pyridine rings is 3. The Morgan fingerprint density at radius 2 is 1.27 bits per heavy atom. The van der Waals surface area contributed by atoms with Gasteiger partial charge in [0.05, 0.1) is 17.7 Å². The molecule has 3 rings (SSSR count). The van der Waals surface area contributed by atoms with Gasteiger partial charge in [-0.2, -0.15) is 0 Å². The standard InChI is InChI=1S/C9H11NO3.C9H13NO2.C6H5NO3.C3H7I.CH2O3.CH4.B.2K.Li.2H/c1-6(2)10-4-3-7(9(12)13)5-8(10)11;1-7(2)10-4-3-8(6-11)5-9(10)12;8-5-3-4(6(9)10)1-2-7-5;1-3(2)4;2-1-4-3;;;;;;;/h3-6H,1-2H3,(H,12,13);3-5,7,11H,6H2,1-2H3;1-3H,(H,7,8)(H,9,10);3H,1-2H3;1,3H;1H4;;;;;;/q;;;;;;;3*+1;2*-1/p-1. The first-order valence-electron chi connectivity index (χ1n) is 12.6. The number of hydrogen-bond acceptors (Lipinski definition) is 9. The number of aliphatic hydroxyl groups is 1. The molecular weight excluding hydrogens is 789 g/mol. The normalized spacial score (nSPS) is 8.58. The van der Waals surface area contributed by atoms with Gasteiger partial charge in [-0.05, 0) is 51.5 Å². The molecule has 253 valence electrons. The molecule has 0 atom stereocenters. The van der Waals surface area contributed by atoms with Crippen molar-refractivity contribution >= 4 is 49.4 Å². The number of halogens is 1. The van der Waals surface area contributed by atoms with Gasteiger partial charge in [0.1, 0.15) is 0 Å². The third-order valence-corrected chi connectivity index (χ3v) is 4.56. The minimum atomic E-state index is -1.09. The number of aromatic nitrogens is 3. The van der Waals surface area contributed by atoms with Crippen molar-refractivity contribution in [2.75, 3.05) is 0 Å². The fraction of sp³-hybridized carbons (Fsp3) is 0.379. The molecule has 0 aliphatic carbocycles. The Balaban J connectivity index is -0.0000000614. The molecule has 0 aliphatic rings. The number of alkyl halides is 1. The first-order valence-corrected chi connectivity index (χ1v) is 13.8. The number of nitrogens with one attached hydrogen (secondary N) is 1. The van der Waals surface area contributed by atoms with Crippen molar-refractivity contribution in [3.8, 4) is 0 Å². The van der Waals surface area contributed by atoms with Gasteiger partial charge in [0.25, 0.3) is 17.6 Å². The number of aromatic amines is 1. The molecule has 3 radical (unpaired) electrons. The van der Waals surface area contributed by atoms with Crippen molar-refractivity contribution in [2.24, 2.45) is 0 Å². The van der Waals surface area contributed by atoms with Gasteiger partial charge < -0.3 is 42.4 Å². The average molecular weight is 833 g/mol. The number of aromatic carboxylic acids is 2. The summed E-state index contributed by atoms with van der Waals surface area (Å²) >= 11 is 2.34. The predicted molar refractivity (Wildman–Crippen MR) is 180 cm³/mol. The summed E-state index contributed by atoms with van der Waals surface area (Å²) in [6, 6.07) is 8.33. The van der Waals surface area contributed by atoms with Crippen LogP contribution in [0.15, 0.2) is 69.4 Å². The molecule has 0 saturated carbocycles. The zero-order valence-electron chi connectivity index (χ0n) is 30.2. The summed E-state index contributed by atoms with van der Waals surface area (Å²) in [6.45, 7) is 11.7. The molecule has 0 amide bonds. The molecule has 4 N–H and O–H groups in total. The van der Waals surface area contributed by atoms with E-state index in [0.717, 1.165) is 16.1 Å². The number of hydrogen-bond donors (Lipinski definition) is 4. The number of carboxylic acid groups (broad SMARTS) is 2. The van der Waals surface area contributed by atoms with Gasteiger partial charge in [-0.3, -0.25) is 19.2 Å². The zero-order valence-corrected chi connectivity index (χ0v) is 36.6. The fourth-order valence-electron chi connectivity index (χ4n) is 2.68. The Morgan fingerprint density at radius 1 is 0.896 bits per heavy atom. The third kappa shape index (κ3) is 30.7. The second-order valence-corrected chi connectivity index (χ2v) is 11.5. The quantitative estimate of drug-likeness (QED) is 0.0458. The molecule has 19 heteroatoms. The van der Waals surface area contributed by atoms with Crippen LogP contribution in [0.4, 0.5) is 0 Å². The van der Waals surface area contributed by atoms with E-state index in [-0.39, 0.29) is 188 Å². The van der Waals surface area contributed by atoms with Crippen LogP contribution in [0, 0.1) is 0 Å². The van der Waals surface area contributed by atoms with E-state index in [2.05, 4.69) is 46.3 Å². The number of carbonyl (C=O) groups is 3. The predicted octanol–water partition coefficient (Wildman–Crippen LogP) is -6.12. The van der Waals surface area contributed by atoms with Crippen LogP contribution >= 0.6 is 22.6 Å². The number of carboxylic acids is 2. The van der Waals surface area contributed by atoms with Crippen molar-refractivity contribution in [2.45, 2.75) is 71.6 Å². The van der Waals surface area contributed by atoms with Crippen LogP contribution in [0.5, 0.6) is 0 Å². The van der Waals surface area contributed by atoms with Gasteiger partial charge in [-0.15, -0.1) is 0 Å². The maximum Gasteiger partial charge on any atom is 1.00 e. The van der Waals surface area contributed by atoms with Crippen LogP contribution in [-0.4, -0.2) is 60.2 Å². The molecule has 0 fully saturated rings. The number of rotatable bonds is 6. The number of H-pyrrole nitrogens is 1. The zero-order chi connectivity index (χ0) is 33.7. The van der Waals surface area contributed by atoms with E-state index < -0.39 is 17.5 Å². The average Bonchev–Trinajstić information content (AvgIpc) is 2.93. The van der Waals surface area contributed by atoms with Crippen molar-refractivity contribution in [3.05, 3.63) is 103 Å². The van der Waals surface area contributed by atoms with Gasteiger partial charge in [0.2, 0.25) is 5.56 Å². The van der Waals surface area contributed by atoms with Gasteiger partial charge in [-0.25, -0.2) is 9.59 Å². The summed E-state index contributed by atoms with van der Waals surface area (Å²) in [5.41, 5.74) is -0.0473. The minimum Gasteiger partial charge on any atom is -1.00 e. The van der Waals surface area contributed by atoms with Gasteiger partial charge >= 0.3 is 134 Å². The summed E-state index contributed by atoms with van der Waals surface area (Å²) in [7, 11) is 0. The maximum atomic E-state index is 11.3. The van der Waals surface area contributed by atoms with E-state index in [1.807, 2.05) is 27.7 Å². The van der Waals surface area contributed by atoms with Crippen molar-refractivity contribution in [3.63, 3.8) is 0 Å². The maximum absolute atomic E-state index is 11.3. The van der Waals surface area contributed by atoms with Crippen LogP contribution in [0.1, 0.15) is 90.2 Å². The summed E-state index contributed by atoms with van der Waals surface area (Å²) in [5.74, 6) is -2.17. The van der Waals surface area contributed by atoms with Crippen molar-refractivity contribution in [1.29, 1.82) is 0 Å². The Morgan fingerprint density at radius 3 is 1.54 bits per heavy atom. The molecule has 0 saturated heterocycles. The van der Waals surface area contributed by atoms with Crippen molar-refractivity contribution in [1.82, 2.24) is 14.1 Å². The molecule has 3 aromatic heterocycles. The molecule has 3 heterocycles. The summed E-state index contributed by atoms with van der Waals surface area (Å²) < 4.78 is 3.91. The Kier molecular flexibility index (Phi) is 48.0. The first-order chi connectivity index (χ1) is 20.0. The van der Waals surface area contributed by atoms with E-state index in [1.165, 1.54) is 35.2 Å². The molecule has 0 bridgehead atoms. The molecule has 0 unspecified atom stereocenters. The van der Waals surface area contributed by atoms with E-state index in [1.54, 1.807) is 16.8 Å². The van der Waals surface area contributed by atoms with E-state index in [9.17, 15) is 24.0 Å². The smallest absolute Gasteiger partial charge is 1.00 e. The van der Waals surface area contributed by atoms with E-state index >= 15 is 0 Å². The molecule has 3 aromatic rings. The largest absolute Gasteiger partial charge is 1.00 e. The summed E-state index contributed by atoms with van der Waals surface area (Å²) in [6.07, 6.45) is 4.50. The minimum absolute atomic E-state index is 0. The topological polar surface area (TPSA) is 221 Å². The molecule has 14 nitrogen and oxygen atoms in total. The van der Waals surface area contributed by atoms with E-state index in [4.69, 9.17) is 25.4 Å². The van der Waals surface area contributed by atoms with Gasteiger partial charge in [-0.1, -0.05) is 43.9 Å². The molecular formula is C29H43BIK2LiN3O11. The third-order valence-electron chi connectivity index (χ3n) is 4.56. The second kappa shape index (κ2) is 36.6. The first kappa shape index (κ1) is 62.9. The molecule has 0 aliphatic heterocycles. The Labute approximate surface area is 396 Å². The van der Waals surface area contributed by atoms with Crippen LogP contribution < -0.4 is 144 Å². The molecule has 48 heavy (non-hydrogen) atoms. The van der Waals surface area contributed by atoms with Crippen LogP contribution in [0.2, 0.25) is 0 Å². The number of carbonyl (C=O) groups excluding carboxylic acids is 1. The molecule has 0 aromatic carbocycles. The Hall–Kier alpha value is -0.155. The fourth-order valence-corrected chi connectivity index (χ4v) is 2.68. The van der Waals surface area contributed by atoms with E-state index in [0.29, 0.717) is 5.56 Å². The van der Waals surface area contributed by atoms with Crippen LogP contribution in [0.25, 0.3) is 0 Å². The SMILES string of the molecule is C.CC(C)I.CC(C)n1ccc(C(=O)O)cc1=O.CC(C)n1ccc(CO)cc1=O.O=C(O)c1cc[nH]c(=O)c1.O=CO[O-].[B].[H-].[H-].[K+].[K+].[Li+]. The monoisotopic (exact) mass is 832 g/mol. The van der Waals surface area contributed by atoms with Crippen LogP contribution in [0.3, 0.4) is 0 Å².